The van der Waals surface area contributed by atoms with Crippen LogP contribution in [0.1, 0.15) is 36.2 Å². The number of aromatic hydroxyl groups is 1. The number of carbonyl (C=O) groups excluding carboxylic acids is 1. The predicted molar refractivity (Wildman–Crippen MR) is 107 cm³/mol. The lowest BCUT2D eigenvalue weighted by Gasteiger charge is -2.11. The van der Waals surface area contributed by atoms with Gasteiger partial charge < -0.3 is 9.67 Å². The van der Waals surface area contributed by atoms with Crippen molar-refractivity contribution >= 4 is 16.7 Å². The second kappa shape index (κ2) is 7.61. The summed E-state index contributed by atoms with van der Waals surface area (Å²) in [7, 11) is 0. The van der Waals surface area contributed by atoms with Crippen molar-refractivity contribution < 1.29 is 9.90 Å². The number of rotatable bonds is 7. The summed E-state index contributed by atoms with van der Waals surface area (Å²) in [4.78, 5) is 12.0. The van der Waals surface area contributed by atoms with Crippen LogP contribution in [-0.4, -0.2) is 15.5 Å². The van der Waals surface area contributed by atoms with E-state index in [1.165, 1.54) is 5.56 Å². The smallest absolute Gasteiger partial charge is 0.134 e. The maximum atomic E-state index is 12.0. The van der Waals surface area contributed by atoms with Gasteiger partial charge in [-0.3, -0.25) is 4.79 Å². The highest BCUT2D eigenvalue weighted by molar-refractivity contribution is 5.94. The van der Waals surface area contributed by atoms with Gasteiger partial charge in [-0.1, -0.05) is 43.3 Å². The molecule has 0 amide bonds. The van der Waals surface area contributed by atoms with Gasteiger partial charge in [0.25, 0.3) is 0 Å². The molecule has 0 fully saturated rings. The highest BCUT2D eigenvalue weighted by Gasteiger charge is 2.21. The van der Waals surface area contributed by atoms with Gasteiger partial charge in [-0.15, -0.1) is 6.58 Å². The van der Waals surface area contributed by atoms with E-state index < -0.39 is 0 Å². The van der Waals surface area contributed by atoms with Gasteiger partial charge >= 0.3 is 0 Å². The molecule has 0 saturated heterocycles. The Bertz CT molecular complexity index is 951. The van der Waals surface area contributed by atoms with Crippen molar-refractivity contribution in [2.45, 2.75) is 39.7 Å². The molecule has 0 aliphatic carbocycles. The van der Waals surface area contributed by atoms with Crippen LogP contribution < -0.4 is 0 Å². The SMILES string of the molecule is C=CCc1c(O)ccc2c1c(CC(C)=O)c(CC)n2Cc1ccccc1. The van der Waals surface area contributed by atoms with Crippen LogP contribution in [0.4, 0.5) is 0 Å². The van der Waals surface area contributed by atoms with Crippen molar-refractivity contribution in [3.8, 4) is 5.75 Å². The van der Waals surface area contributed by atoms with Gasteiger partial charge in [0, 0.05) is 35.1 Å². The Balaban J connectivity index is 2.31. The number of phenols is 1. The van der Waals surface area contributed by atoms with E-state index in [2.05, 4.69) is 30.2 Å². The third kappa shape index (κ3) is 3.30. The molecule has 3 heteroatoms. The molecule has 0 radical (unpaired) electrons. The first-order chi connectivity index (χ1) is 12.6. The zero-order valence-electron chi connectivity index (χ0n) is 15.5. The van der Waals surface area contributed by atoms with Crippen LogP contribution in [0, 0.1) is 0 Å². The number of nitrogens with zero attached hydrogens (tertiary/aromatic N) is 1. The minimum Gasteiger partial charge on any atom is -0.508 e. The molecule has 0 spiro atoms. The first-order valence-corrected chi connectivity index (χ1v) is 9.05. The fourth-order valence-corrected chi connectivity index (χ4v) is 3.78. The van der Waals surface area contributed by atoms with E-state index in [1.807, 2.05) is 24.3 Å². The number of aromatic nitrogens is 1. The lowest BCUT2D eigenvalue weighted by Crippen LogP contribution is -2.06. The van der Waals surface area contributed by atoms with Crippen LogP contribution in [0.15, 0.2) is 55.1 Å². The topological polar surface area (TPSA) is 42.2 Å². The quantitative estimate of drug-likeness (QED) is 0.623. The first-order valence-electron chi connectivity index (χ1n) is 9.05. The summed E-state index contributed by atoms with van der Waals surface area (Å²) >= 11 is 0. The molecule has 3 nitrogen and oxygen atoms in total. The molecule has 3 rings (SSSR count). The summed E-state index contributed by atoms with van der Waals surface area (Å²) in [5.74, 6) is 0.396. The molecule has 1 heterocycles. The van der Waals surface area contributed by atoms with Crippen LogP contribution in [0.5, 0.6) is 5.75 Å². The molecule has 134 valence electrons. The summed E-state index contributed by atoms with van der Waals surface area (Å²) in [6.45, 7) is 8.31. The summed E-state index contributed by atoms with van der Waals surface area (Å²) in [6, 6.07) is 14.0. The number of hydrogen-bond acceptors (Lipinski definition) is 2. The number of allylic oxidation sites excluding steroid dienone is 1. The molecule has 0 unspecified atom stereocenters. The van der Waals surface area contributed by atoms with E-state index in [0.29, 0.717) is 12.8 Å². The molecule has 0 aliphatic heterocycles. The molecule has 1 aromatic heterocycles. The zero-order valence-corrected chi connectivity index (χ0v) is 15.5. The molecule has 0 bridgehead atoms. The number of fused-ring (bicyclic) bond motifs is 1. The van der Waals surface area contributed by atoms with Gasteiger partial charge in [0.05, 0.1) is 0 Å². The maximum absolute atomic E-state index is 12.0. The second-order valence-corrected chi connectivity index (χ2v) is 6.68. The van der Waals surface area contributed by atoms with Crippen LogP contribution in [0.3, 0.4) is 0 Å². The van der Waals surface area contributed by atoms with Crippen LogP contribution in [0.2, 0.25) is 0 Å². The molecule has 0 atom stereocenters. The first kappa shape index (κ1) is 18.0. The van der Waals surface area contributed by atoms with Crippen LogP contribution >= 0.6 is 0 Å². The lowest BCUT2D eigenvalue weighted by atomic mass is 9.97. The Morgan fingerprint density at radius 1 is 1.15 bits per heavy atom. The molecule has 2 aromatic carbocycles. The Hall–Kier alpha value is -2.81. The van der Waals surface area contributed by atoms with Crippen molar-refractivity contribution in [2.75, 3.05) is 0 Å². The monoisotopic (exact) mass is 347 g/mol. The highest BCUT2D eigenvalue weighted by atomic mass is 16.3. The van der Waals surface area contributed by atoms with Gasteiger partial charge in [0.1, 0.15) is 11.5 Å². The van der Waals surface area contributed by atoms with Crippen LogP contribution in [0.25, 0.3) is 10.9 Å². The minimum absolute atomic E-state index is 0.131. The van der Waals surface area contributed by atoms with E-state index in [-0.39, 0.29) is 11.5 Å². The molecule has 0 aliphatic rings. The number of hydrogen-bond donors (Lipinski definition) is 1. The Labute approximate surface area is 154 Å². The third-order valence-electron chi connectivity index (χ3n) is 4.83. The van der Waals surface area contributed by atoms with Gasteiger partial charge in [0.15, 0.2) is 0 Å². The van der Waals surface area contributed by atoms with Crippen molar-refractivity contribution in [3.63, 3.8) is 0 Å². The predicted octanol–water partition coefficient (Wildman–Crippen LogP) is 4.82. The third-order valence-corrected chi connectivity index (χ3v) is 4.83. The van der Waals surface area contributed by atoms with Crippen molar-refractivity contribution in [2.24, 2.45) is 0 Å². The van der Waals surface area contributed by atoms with E-state index in [1.54, 1.807) is 19.1 Å². The van der Waals surface area contributed by atoms with Crippen LogP contribution in [-0.2, 0) is 30.6 Å². The minimum atomic E-state index is 0.131. The lowest BCUT2D eigenvalue weighted by molar-refractivity contribution is -0.116. The second-order valence-electron chi connectivity index (χ2n) is 6.68. The summed E-state index contributed by atoms with van der Waals surface area (Å²) < 4.78 is 2.29. The summed E-state index contributed by atoms with van der Waals surface area (Å²) in [5, 5.41) is 11.4. The van der Waals surface area contributed by atoms with Gasteiger partial charge in [-0.05, 0) is 43.0 Å². The Kier molecular flexibility index (Phi) is 5.27. The highest BCUT2D eigenvalue weighted by Crippen LogP contribution is 2.36. The molecule has 3 aromatic rings. The summed E-state index contributed by atoms with van der Waals surface area (Å²) in [6.07, 6.45) is 3.59. The fraction of sp³-hybridized carbons (Fsp3) is 0.261. The van der Waals surface area contributed by atoms with E-state index in [0.717, 1.165) is 40.7 Å². The number of Topliss-reactive ketones (excluding diaryl/α,β-unsaturated/α-hetero) is 1. The number of ketones is 1. The van der Waals surface area contributed by atoms with E-state index in [9.17, 15) is 9.90 Å². The average Bonchev–Trinajstić information content (AvgIpc) is 2.90. The Morgan fingerprint density at radius 3 is 2.50 bits per heavy atom. The fourth-order valence-electron chi connectivity index (χ4n) is 3.78. The number of phenolic OH excluding ortho intramolecular Hbond substituents is 1. The Morgan fingerprint density at radius 2 is 1.88 bits per heavy atom. The van der Waals surface area contributed by atoms with Gasteiger partial charge in [-0.2, -0.15) is 0 Å². The normalized spacial score (nSPS) is 11.0. The van der Waals surface area contributed by atoms with Gasteiger partial charge in [0.2, 0.25) is 0 Å². The average molecular weight is 347 g/mol. The van der Waals surface area contributed by atoms with Crippen molar-refractivity contribution in [1.82, 2.24) is 4.57 Å². The maximum Gasteiger partial charge on any atom is 0.134 e. The molecule has 0 saturated carbocycles. The standard InChI is InChI=1S/C23H25NO2/c1-4-9-18-22(26)13-12-21-23(18)19(14-16(3)25)20(5-2)24(21)15-17-10-7-6-8-11-17/h4,6-8,10-13,26H,1,5,9,14-15H2,2-3H3. The zero-order chi connectivity index (χ0) is 18.7. The molecule has 1 N–H and O–H groups in total. The van der Waals surface area contributed by atoms with Gasteiger partial charge in [-0.25, -0.2) is 0 Å². The number of benzene rings is 2. The molecular formula is C23H25NO2. The number of carbonyl (C=O) groups is 1. The largest absolute Gasteiger partial charge is 0.508 e. The van der Waals surface area contributed by atoms with E-state index in [4.69, 9.17) is 0 Å². The molecule has 26 heavy (non-hydrogen) atoms. The summed E-state index contributed by atoms with van der Waals surface area (Å²) in [5.41, 5.74) is 5.34. The van der Waals surface area contributed by atoms with Crippen molar-refractivity contribution in [3.05, 3.63) is 77.5 Å². The van der Waals surface area contributed by atoms with Crippen molar-refractivity contribution in [1.29, 1.82) is 0 Å². The van der Waals surface area contributed by atoms with E-state index >= 15 is 0 Å². The molecular weight excluding hydrogens is 322 g/mol.